The highest BCUT2D eigenvalue weighted by molar-refractivity contribution is 7.89. The summed E-state index contributed by atoms with van der Waals surface area (Å²) in [5.74, 6) is -0.500. The van der Waals surface area contributed by atoms with E-state index in [4.69, 9.17) is 0 Å². The molecule has 0 radical (unpaired) electrons. The van der Waals surface area contributed by atoms with Gasteiger partial charge in [0.15, 0.2) is 0 Å². The molecule has 1 amide bonds. The second-order valence-electron chi connectivity index (χ2n) is 3.07. The summed E-state index contributed by atoms with van der Waals surface area (Å²) in [6.45, 7) is -0.969. The molecule has 3 N–H and O–H groups in total. The first-order valence-corrected chi connectivity index (χ1v) is 6.03. The number of carbonyl (C=O) groups excluding carboxylic acids is 1. The van der Waals surface area contributed by atoms with E-state index >= 15 is 0 Å². The number of aromatic nitrogens is 1. The molecule has 0 aromatic carbocycles. The zero-order chi connectivity index (χ0) is 13.1. The third kappa shape index (κ3) is 3.49. The summed E-state index contributed by atoms with van der Waals surface area (Å²) < 4.78 is 48.4. The molecule has 6 nitrogen and oxygen atoms in total. The summed E-state index contributed by atoms with van der Waals surface area (Å²) in [6.07, 6.45) is -1.72. The Morgan fingerprint density at radius 3 is 2.71 bits per heavy atom. The van der Waals surface area contributed by atoms with E-state index in [0.717, 1.165) is 12.3 Å². The smallest absolute Gasteiger partial charge is 0.267 e. The summed E-state index contributed by atoms with van der Waals surface area (Å²) in [7, 11) is -2.64. The van der Waals surface area contributed by atoms with Crippen LogP contribution in [0.2, 0.25) is 0 Å². The van der Waals surface area contributed by atoms with E-state index in [2.05, 4.69) is 10.3 Å². The average Bonchev–Trinajstić information content (AvgIpc) is 2.75. The minimum atomic E-state index is -4.02. The van der Waals surface area contributed by atoms with Crippen molar-refractivity contribution in [1.29, 1.82) is 0 Å². The van der Waals surface area contributed by atoms with Crippen molar-refractivity contribution in [1.82, 2.24) is 15.0 Å². The molecule has 0 aliphatic heterocycles. The molecular weight excluding hydrogens is 256 g/mol. The normalized spacial score (nSPS) is 11.8. The molecule has 1 aromatic rings. The first-order valence-electron chi connectivity index (χ1n) is 4.55. The molecule has 9 heteroatoms. The van der Waals surface area contributed by atoms with Gasteiger partial charge in [-0.3, -0.25) is 4.79 Å². The first kappa shape index (κ1) is 13.6. The summed E-state index contributed by atoms with van der Waals surface area (Å²) >= 11 is 0. The van der Waals surface area contributed by atoms with Gasteiger partial charge in [-0.2, -0.15) is 0 Å². The zero-order valence-electron chi connectivity index (χ0n) is 8.83. The van der Waals surface area contributed by atoms with Gasteiger partial charge in [-0.15, -0.1) is 0 Å². The first-order chi connectivity index (χ1) is 7.86. The van der Waals surface area contributed by atoms with Crippen LogP contribution in [0.1, 0.15) is 10.5 Å². The molecule has 0 fully saturated rings. The van der Waals surface area contributed by atoms with Crippen molar-refractivity contribution in [3.63, 3.8) is 0 Å². The van der Waals surface area contributed by atoms with Crippen LogP contribution in [0.25, 0.3) is 0 Å². The van der Waals surface area contributed by atoms with Crippen molar-refractivity contribution >= 4 is 15.9 Å². The Morgan fingerprint density at radius 1 is 1.53 bits per heavy atom. The van der Waals surface area contributed by atoms with Gasteiger partial charge < -0.3 is 10.3 Å². The highest BCUT2D eigenvalue weighted by Crippen LogP contribution is 2.10. The van der Waals surface area contributed by atoms with Crippen molar-refractivity contribution in [3.05, 3.63) is 18.0 Å². The number of hydrogen-bond acceptors (Lipinski definition) is 3. The van der Waals surface area contributed by atoms with Gasteiger partial charge in [0.1, 0.15) is 10.6 Å². The average molecular weight is 267 g/mol. The van der Waals surface area contributed by atoms with Crippen LogP contribution in [-0.4, -0.2) is 39.3 Å². The minimum absolute atomic E-state index is 0.0323. The molecule has 0 unspecified atom stereocenters. The standard InChI is InChI=1S/C8H11F2N3O3S/c1-11-8(14)6-2-5(3-12-6)17(15,16)13-4-7(9)10/h2-3,7,12-13H,4H2,1H3,(H,11,14). The van der Waals surface area contributed by atoms with Crippen LogP contribution in [0.15, 0.2) is 17.2 Å². The van der Waals surface area contributed by atoms with Crippen LogP contribution in [-0.2, 0) is 10.0 Å². The summed E-state index contributed by atoms with van der Waals surface area (Å²) in [5, 5.41) is 2.29. The quantitative estimate of drug-likeness (QED) is 0.696. The van der Waals surface area contributed by atoms with Crippen molar-refractivity contribution in [2.75, 3.05) is 13.6 Å². The summed E-state index contributed by atoms with van der Waals surface area (Å²) in [4.78, 5) is 13.3. The number of rotatable bonds is 5. The maximum absolute atomic E-state index is 11.9. The van der Waals surface area contributed by atoms with E-state index in [1.165, 1.54) is 7.05 Å². The lowest BCUT2D eigenvalue weighted by atomic mass is 10.4. The lowest BCUT2D eigenvalue weighted by molar-refractivity contribution is 0.0958. The Morgan fingerprint density at radius 2 is 2.18 bits per heavy atom. The highest BCUT2D eigenvalue weighted by atomic mass is 32.2. The third-order valence-electron chi connectivity index (χ3n) is 1.87. The lowest BCUT2D eigenvalue weighted by Gasteiger charge is -2.03. The number of H-pyrrole nitrogens is 1. The Balaban J connectivity index is 2.85. The highest BCUT2D eigenvalue weighted by Gasteiger charge is 2.19. The molecule has 0 saturated heterocycles. The molecule has 17 heavy (non-hydrogen) atoms. The van der Waals surface area contributed by atoms with Gasteiger partial charge in [-0.1, -0.05) is 0 Å². The van der Waals surface area contributed by atoms with Gasteiger partial charge in [0.05, 0.1) is 6.54 Å². The van der Waals surface area contributed by atoms with E-state index in [1.54, 1.807) is 4.72 Å². The third-order valence-corrected chi connectivity index (χ3v) is 3.27. The van der Waals surface area contributed by atoms with Crippen molar-refractivity contribution in [3.8, 4) is 0 Å². The summed E-state index contributed by atoms with van der Waals surface area (Å²) in [5.41, 5.74) is 0.0323. The van der Waals surface area contributed by atoms with Crippen molar-refractivity contribution in [2.24, 2.45) is 0 Å². The molecule has 0 aliphatic carbocycles. The zero-order valence-corrected chi connectivity index (χ0v) is 9.64. The molecule has 1 rings (SSSR count). The molecule has 0 bridgehead atoms. The summed E-state index contributed by atoms with van der Waals surface area (Å²) in [6, 6.07) is 1.06. The number of amides is 1. The minimum Gasteiger partial charge on any atom is -0.356 e. The van der Waals surface area contributed by atoms with E-state index in [0.29, 0.717) is 0 Å². The Hall–Kier alpha value is -1.48. The Bertz CT molecular complexity index is 498. The molecular formula is C8H11F2N3O3S. The van der Waals surface area contributed by atoms with Crippen LogP contribution in [0.5, 0.6) is 0 Å². The van der Waals surface area contributed by atoms with Crippen LogP contribution in [0, 0.1) is 0 Å². The fourth-order valence-electron chi connectivity index (χ4n) is 1.05. The Labute approximate surface area is 96.5 Å². The molecule has 0 aliphatic rings. The van der Waals surface area contributed by atoms with Gasteiger partial charge >= 0.3 is 0 Å². The van der Waals surface area contributed by atoms with Crippen molar-refractivity contribution < 1.29 is 22.0 Å². The molecule has 1 aromatic heterocycles. The fourth-order valence-corrected chi connectivity index (χ4v) is 2.05. The number of nitrogens with one attached hydrogen (secondary N) is 3. The number of aromatic amines is 1. The van der Waals surface area contributed by atoms with Gasteiger partial charge in [-0.25, -0.2) is 21.9 Å². The lowest BCUT2D eigenvalue weighted by Crippen LogP contribution is -2.28. The Kier molecular flexibility index (Phi) is 4.18. The van der Waals surface area contributed by atoms with E-state index in [1.807, 2.05) is 0 Å². The van der Waals surface area contributed by atoms with E-state index in [9.17, 15) is 22.0 Å². The maximum atomic E-state index is 11.9. The monoisotopic (exact) mass is 267 g/mol. The molecule has 96 valence electrons. The second-order valence-corrected chi connectivity index (χ2v) is 4.84. The van der Waals surface area contributed by atoms with Crippen molar-refractivity contribution in [2.45, 2.75) is 11.3 Å². The van der Waals surface area contributed by atoms with Crippen LogP contribution >= 0.6 is 0 Å². The van der Waals surface area contributed by atoms with Gasteiger partial charge in [0, 0.05) is 13.2 Å². The molecule has 0 saturated carbocycles. The largest absolute Gasteiger partial charge is 0.356 e. The van der Waals surface area contributed by atoms with Gasteiger partial charge in [0.25, 0.3) is 12.3 Å². The van der Waals surface area contributed by atoms with E-state index < -0.39 is 28.9 Å². The SMILES string of the molecule is CNC(=O)c1cc(S(=O)(=O)NCC(F)F)c[nH]1. The maximum Gasteiger partial charge on any atom is 0.267 e. The predicted octanol–water partition coefficient (Wildman–Crippen LogP) is -0.0823. The molecule has 0 atom stereocenters. The van der Waals surface area contributed by atoms with Crippen LogP contribution in [0.3, 0.4) is 0 Å². The van der Waals surface area contributed by atoms with Gasteiger partial charge in [-0.05, 0) is 6.07 Å². The van der Waals surface area contributed by atoms with E-state index in [-0.39, 0.29) is 10.6 Å². The second kappa shape index (κ2) is 5.23. The topological polar surface area (TPSA) is 91.1 Å². The fraction of sp³-hybridized carbons (Fsp3) is 0.375. The number of carbonyl (C=O) groups is 1. The van der Waals surface area contributed by atoms with Crippen LogP contribution in [0.4, 0.5) is 8.78 Å². The number of halogens is 2. The molecule has 1 heterocycles. The number of alkyl halides is 2. The number of sulfonamides is 1. The predicted molar refractivity (Wildman–Crippen MR) is 55.4 cm³/mol. The number of hydrogen-bond donors (Lipinski definition) is 3. The van der Waals surface area contributed by atoms with Crippen LogP contribution < -0.4 is 10.0 Å². The molecule has 0 spiro atoms. The van der Waals surface area contributed by atoms with Gasteiger partial charge in [0.2, 0.25) is 10.0 Å².